The van der Waals surface area contributed by atoms with Gasteiger partial charge in [0.25, 0.3) is 0 Å². The maximum Gasteiger partial charge on any atom is 0.326 e. The number of carbonyl (C=O) groups excluding carboxylic acids is 3. The number of aliphatic hydroxyl groups is 1. The number of aliphatic hydroxyl groups excluding tert-OH is 1. The highest BCUT2D eigenvalue weighted by Gasteiger charge is 2.29. The van der Waals surface area contributed by atoms with Gasteiger partial charge in [0.15, 0.2) is 0 Å². The Hall–Kier alpha value is -3.02. The summed E-state index contributed by atoms with van der Waals surface area (Å²) in [5.74, 6) is -3.35. The summed E-state index contributed by atoms with van der Waals surface area (Å²) < 4.78 is 0. The van der Waals surface area contributed by atoms with Crippen LogP contribution >= 0.6 is 0 Å². The molecule has 31 heavy (non-hydrogen) atoms. The van der Waals surface area contributed by atoms with Crippen molar-refractivity contribution < 1.29 is 29.4 Å². The predicted octanol–water partition coefficient (Wildman–Crippen LogP) is -2.15. The van der Waals surface area contributed by atoms with Gasteiger partial charge in [-0.25, -0.2) is 4.79 Å². The SMILES string of the molecule is NCCCC[C@H](NC(=O)[C@H](CO)NC(=O)[C@H](Cc1ccccc1)NC(=O)CN)C(=O)O. The number of unbranched alkanes of at least 4 members (excludes halogenated alkanes) is 1. The number of carbonyl (C=O) groups is 4. The molecule has 0 saturated carbocycles. The van der Waals surface area contributed by atoms with Gasteiger partial charge in [-0.05, 0) is 31.4 Å². The lowest BCUT2D eigenvalue weighted by atomic mass is 10.0. The van der Waals surface area contributed by atoms with E-state index in [2.05, 4.69) is 16.0 Å². The highest BCUT2D eigenvalue weighted by atomic mass is 16.4. The van der Waals surface area contributed by atoms with Crippen molar-refractivity contribution in [2.45, 2.75) is 43.8 Å². The van der Waals surface area contributed by atoms with E-state index in [0.717, 1.165) is 5.56 Å². The van der Waals surface area contributed by atoms with Crippen LogP contribution in [0.3, 0.4) is 0 Å². The molecule has 0 radical (unpaired) electrons. The van der Waals surface area contributed by atoms with Crippen molar-refractivity contribution in [1.29, 1.82) is 0 Å². The molecule has 1 aromatic carbocycles. The van der Waals surface area contributed by atoms with Gasteiger partial charge in [-0.1, -0.05) is 30.3 Å². The zero-order chi connectivity index (χ0) is 23.2. The molecule has 0 aliphatic carbocycles. The molecule has 11 heteroatoms. The Morgan fingerprint density at radius 3 is 2.03 bits per heavy atom. The second-order valence-electron chi connectivity index (χ2n) is 6.94. The molecule has 3 atom stereocenters. The summed E-state index contributed by atoms with van der Waals surface area (Å²) in [4.78, 5) is 48.3. The van der Waals surface area contributed by atoms with E-state index in [1.807, 2.05) is 0 Å². The first-order valence-electron chi connectivity index (χ1n) is 10.00. The third kappa shape index (κ3) is 9.55. The van der Waals surface area contributed by atoms with E-state index in [4.69, 9.17) is 11.5 Å². The molecule has 0 heterocycles. The second-order valence-corrected chi connectivity index (χ2v) is 6.94. The minimum atomic E-state index is -1.39. The van der Waals surface area contributed by atoms with Crippen LogP contribution in [-0.4, -0.2) is 71.7 Å². The Morgan fingerprint density at radius 1 is 0.871 bits per heavy atom. The molecular formula is C20H31N5O6. The molecule has 1 aromatic rings. The van der Waals surface area contributed by atoms with E-state index in [1.165, 1.54) is 0 Å². The minimum absolute atomic E-state index is 0.134. The number of amides is 3. The van der Waals surface area contributed by atoms with E-state index >= 15 is 0 Å². The number of carboxylic acid groups (broad SMARTS) is 1. The van der Waals surface area contributed by atoms with Crippen LogP contribution in [0.15, 0.2) is 30.3 Å². The molecule has 0 fully saturated rings. The summed E-state index contributed by atoms with van der Waals surface area (Å²) in [5.41, 5.74) is 11.5. The van der Waals surface area contributed by atoms with Crippen LogP contribution in [0.2, 0.25) is 0 Å². The van der Waals surface area contributed by atoms with Crippen LogP contribution in [0.1, 0.15) is 24.8 Å². The second kappa shape index (κ2) is 14.1. The molecule has 0 aliphatic heterocycles. The molecule has 9 N–H and O–H groups in total. The average Bonchev–Trinajstić information content (AvgIpc) is 2.76. The Labute approximate surface area is 180 Å². The van der Waals surface area contributed by atoms with Crippen molar-refractivity contribution in [2.75, 3.05) is 19.7 Å². The first-order valence-corrected chi connectivity index (χ1v) is 10.00. The number of carboxylic acids is 1. The van der Waals surface area contributed by atoms with Gasteiger partial charge in [-0.3, -0.25) is 14.4 Å². The number of nitrogens with two attached hydrogens (primary N) is 2. The van der Waals surface area contributed by atoms with Gasteiger partial charge in [-0.15, -0.1) is 0 Å². The highest BCUT2D eigenvalue weighted by Crippen LogP contribution is 2.05. The van der Waals surface area contributed by atoms with Gasteiger partial charge in [-0.2, -0.15) is 0 Å². The molecule has 1 rings (SSSR count). The molecule has 0 unspecified atom stereocenters. The van der Waals surface area contributed by atoms with Crippen molar-refractivity contribution in [3.8, 4) is 0 Å². The number of hydrogen-bond donors (Lipinski definition) is 7. The standard InChI is InChI=1S/C20H31N5O6/c21-9-5-4-8-14(20(30)31)24-19(29)16(12-26)25-18(28)15(23-17(27)11-22)10-13-6-2-1-3-7-13/h1-3,6-7,14-16,26H,4-5,8-12,21-22H2,(H,23,27)(H,24,29)(H,25,28)(H,30,31)/t14-,15-,16-/m0/s1. The number of benzene rings is 1. The van der Waals surface area contributed by atoms with Gasteiger partial charge in [0, 0.05) is 6.42 Å². The number of hydrogen-bond acceptors (Lipinski definition) is 7. The summed E-state index contributed by atoms with van der Waals surface area (Å²) in [7, 11) is 0. The third-order valence-corrected chi connectivity index (χ3v) is 4.50. The van der Waals surface area contributed by atoms with Gasteiger partial charge >= 0.3 is 5.97 Å². The maximum absolute atomic E-state index is 12.7. The molecule has 3 amide bonds. The predicted molar refractivity (Wildman–Crippen MR) is 113 cm³/mol. The number of rotatable bonds is 14. The Kier molecular flexibility index (Phi) is 11.8. The summed E-state index contributed by atoms with van der Waals surface area (Å²) in [6, 6.07) is 5.27. The van der Waals surface area contributed by atoms with Gasteiger partial charge in [0.05, 0.1) is 13.2 Å². The van der Waals surface area contributed by atoms with Crippen molar-refractivity contribution in [2.24, 2.45) is 11.5 Å². The zero-order valence-corrected chi connectivity index (χ0v) is 17.3. The smallest absolute Gasteiger partial charge is 0.326 e. The summed E-state index contributed by atoms with van der Waals surface area (Å²) >= 11 is 0. The molecule has 0 aromatic heterocycles. The van der Waals surface area contributed by atoms with Gasteiger partial charge in [0.2, 0.25) is 17.7 Å². The van der Waals surface area contributed by atoms with Crippen molar-refractivity contribution in [1.82, 2.24) is 16.0 Å². The summed E-state index contributed by atoms with van der Waals surface area (Å²) in [6.07, 6.45) is 1.39. The lowest BCUT2D eigenvalue weighted by Gasteiger charge is -2.23. The molecule has 172 valence electrons. The Balaban J connectivity index is 2.83. The fourth-order valence-corrected chi connectivity index (χ4v) is 2.80. The van der Waals surface area contributed by atoms with Crippen molar-refractivity contribution in [3.63, 3.8) is 0 Å². The van der Waals surface area contributed by atoms with Crippen molar-refractivity contribution in [3.05, 3.63) is 35.9 Å². The highest BCUT2D eigenvalue weighted by molar-refractivity contribution is 5.93. The maximum atomic E-state index is 12.7. The van der Waals surface area contributed by atoms with Crippen LogP contribution in [0.4, 0.5) is 0 Å². The molecule has 0 bridgehead atoms. The third-order valence-electron chi connectivity index (χ3n) is 4.50. The van der Waals surface area contributed by atoms with Crippen molar-refractivity contribution >= 4 is 23.7 Å². The zero-order valence-electron chi connectivity index (χ0n) is 17.3. The Bertz CT molecular complexity index is 730. The topological polar surface area (TPSA) is 197 Å². The van der Waals surface area contributed by atoms with Crippen LogP contribution in [0.5, 0.6) is 0 Å². The largest absolute Gasteiger partial charge is 0.480 e. The van der Waals surface area contributed by atoms with E-state index in [1.54, 1.807) is 30.3 Å². The van der Waals surface area contributed by atoms with Gasteiger partial charge < -0.3 is 37.6 Å². The quantitative estimate of drug-likeness (QED) is 0.160. The fourth-order valence-electron chi connectivity index (χ4n) is 2.80. The monoisotopic (exact) mass is 437 g/mol. The Morgan fingerprint density at radius 2 is 1.48 bits per heavy atom. The molecule has 0 spiro atoms. The van der Waals surface area contributed by atoms with E-state index in [0.29, 0.717) is 19.4 Å². The van der Waals surface area contributed by atoms with E-state index in [-0.39, 0.29) is 19.4 Å². The first kappa shape index (κ1) is 26.0. The first-order chi connectivity index (χ1) is 14.8. The van der Waals surface area contributed by atoms with Gasteiger partial charge in [0.1, 0.15) is 18.1 Å². The molecular weight excluding hydrogens is 406 g/mol. The summed E-state index contributed by atoms with van der Waals surface area (Å²) in [5, 5.41) is 26.0. The minimum Gasteiger partial charge on any atom is -0.480 e. The molecule has 0 saturated heterocycles. The fraction of sp³-hybridized carbons (Fsp3) is 0.500. The van der Waals surface area contributed by atoms with Crippen LogP contribution < -0.4 is 27.4 Å². The molecule has 11 nitrogen and oxygen atoms in total. The summed E-state index contributed by atoms with van der Waals surface area (Å²) in [6.45, 7) is -0.686. The van der Waals surface area contributed by atoms with Crippen LogP contribution in [-0.2, 0) is 25.6 Å². The van der Waals surface area contributed by atoms with E-state index < -0.39 is 48.4 Å². The lowest BCUT2D eigenvalue weighted by molar-refractivity contribution is -0.142. The van der Waals surface area contributed by atoms with Crippen LogP contribution in [0.25, 0.3) is 0 Å². The lowest BCUT2D eigenvalue weighted by Crippen LogP contribution is -2.57. The number of nitrogens with one attached hydrogen (secondary N) is 3. The normalized spacial score (nSPS) is 13.5. The number of aliphatic carboxylic acids is 1. The van der Waals surface area contributed by atoms with E-state index in [9.17, 15) is 29.4 Å². The average molecular weight is 437 g/mol. The van der Waals surface area contributed by atoms with Crippen LogP contribution in [0, 0.1) is 0 Å². The molecule has 0 aliphatic rings.